The monoisotopic (exact) mass is 338 g/mol. The maximum atomic E-state index is 12.6. The lowest BCUT2D eigenvalue weighted by Crippen LogP contribution is -2.40. The minimum Gasteiger partial charge on any atom is -0.494 e. The van der Waals surface area contributed by atoms with Crippen LogP contribution in [0.25, 0.3) is 0 Å². The van der Waals surface area contributed by atoms with Gasteiger partial charge in [0, 0.05) is 18.8 Å². The van der Waals surface area contributed by atoms with Crippen LogP contribution in [0, 0.1) is 5.92 Å². The summed E-state index contributed by atoms with van der Waals surface area (Å²) in [6.07, 6.45) is 2.02. The van der Waals surface area contributed by atoms with E-state index in [1.807, 2.05) is 37.3 Å². The van der Waals surface area contributed by atoms with Crippen molar-refractivity contribution in [1.29, 1.82) is 0 Å². The second-order valence-corrected chi connectivity index (χ2v) is 6.51. The van der Waals surface area contributed by atoms with Gasteiger partial charge in [0.05, 0.1) is 12.5 Å². The van der Waals surface area contributed by atoms with Crippen LogP contribution >= 0.6 is 0 Å². The Balaban J connectivity index is 1.54. The topological polar surface area (TPSA) is 41.6 Å². The van der Waals surface area contributed by atoms with Crippen LogP contribution in [0.15, 0.2) is 54.6 Å². The van der Waals surface area contributed by atoms with Gasteiger partial charge in [0.1, 0.15) is 5.75 Å². The number of hydrogen-bond acceptors (Lipinski definition) is 3. The van der Waals surface area contributed by atoms with Crippen LogP contribution in [-0.4, -0.2) is 30.5 Å². The molecule has 0 saturated carbocycles. The average molecular weight is 338 g/mol. The Morgan fingerprint density at radius 3 is 2.64 bits per heavy atom. The molecular formula is C21H26N2O2. The maximum absolute atomic E-state index is 12.6. The first-order valence-corrected chi connectivity index (χ1v) is 9.04. The highest BCUT2D eigenvalue weighted by Crippen LogP contribution is 2.21. The summed E-state index contributed by atoms with van der Waals surface area (Å²) < 4.78 is 5.43. The molecule has 1 saturated heterocycles. The Kier molecular flexibility index (Phi) is 6.07. The van der Waals surface area contributed by atoms with Crippen LogP contribution in [0.5, 0.6) is 5.75 Å². The Morgan fingerprint density at radius 1 is 1.16 bits per heavy atom. The molecule has 1 aliphatic rings. The van der Waals surface area contributed by atoms with Crippen molar-refractivity contribution < 1.29 is 9.53 Å². The van der Waals surface area contributed by atoms with E-state index in [1.165, 1.54) is 5.56 Å². The molecule has 132 valence electrons. The van der Waals surface area contributed by atoms with Gasteiger partial charge in [-0.3, -0.25) is 9.69 Å². The number of carbonyl (C=O) groups is 1. The summed E-state index contributed by atoms with van der Waals surface area (Å²) in [5, 5.41) is 3.04. The molecule has 4 heteroatoms. The quantitative estimate of drug-likeness (QED) is 0.867. The first kappa shape index (κ1) is 17.5. The van der Waals surface area contributed by atoms with Crippen molar-refractivity contribution in [2.45, 2.75) is 26.3 Å². The van der Waals surface area contributed by atoms with Crippen LogP contribution in [-0.2, 0) is 11.3 Å². The molecule has 1 atom stereocenters. The molecule has 1 fully saturated rings. The fraction of sp³-hybridized carbons (Fsp3) is 0.381. The largest absolute Gasteiger partial charge is 0.494 e. The number of ether oxygens (including phenoxy) is 1. The maximum Gasteiger partial charge on any atom is 0.228 e. The van der Waals surface area contributed by atoms with E-state index in [-0.39, 0.29) is 11.8 Å². The van der Waals surface area contributed by atoms with E-state index in [0.717, 1.165) is 43.9 Å². The Hall–Kier alpha value is -2.33. The summed E-state index contributed by atoms with van der Waals surface area (Å²) in [6, 6.07) is 18.0. The summed E-state index contributed by atoms with van der Waals surface area (Å²) in [5.74, 6) is 0.984. The summed E-state index contributed by atoms with van der Waals surface area (Å²) >= 11 is 0. The second-order valence-electron chi connectivity index (χ2n) is 6.51. The van der Waals surface area contributed by atoms with Gasteiger partial charge in [0.25, 0.3) is 0 Å². The van der Waals surface area contributed by atoms with Gasteiger partial charge in [-0.2, -0.15) is 0 Å². The fourth-order valence-electron chi connectivity index (χ4n) is 3.30. The number of piperidine rings is 1. The molecule has 0 aliphatic carbocycles. The first-order chi connectivity index (χ1) is 12.2. The summed E-state index contributed by atoms with van der Waals surface area (Å²) in [4.78, 5) is 15.0. The molecule has 1 heterocycles. The third kappa shape index (κ3) is 5.07. The molecule has 1 aliphatic heterocycles. The number of amides is 1. The zero-order chi connectivity index (χ0) is 17.5. The van der Waals surface area contributed by atoms with E-state index in [1.54, 1.807) is 0 Å². The minimum absolute atomic E-state index is 0.0454. The summed E-state index contributed by atoms with van der Waals surface area (Å²) in [5.41, 5.74) is 2.13. The number of nitrogens with one attached hydrogen (secondary N) is 1. The SMILES string of the molecule is CCOc1ccc(NC(=O)[C@@H]2CCCN(Cc3ccccc3)C2)cc1. The average Bonchev–Trinajstić information content (AvgIpc) is 2.65. The lowest BCUT2D eigenvalue weighted by atomic mass is 9.96. The van der Waals surface area contributed by atoms with Crippen molar-refractivity contribution in [2.75, 3.05) is 25.0 Å². The van der Waals surface area contributed by atoms with Crippen molar-refractivity contribution in [2.24, 2.45) is 5.92 Å². The highest BCUT2D eigenvalue weighted by Gasteiger charge is 2.25. The molecule has 1 N–H and O–H groups in total. The van der Waals surface area contributed by atoms with Gasteiger partial charge in [0.2, 0.25) is 5.91 Å². The molecule has 2 aromatic carbocycles. The molecule has 0 spiro atoms. The predicted octanol–water partition coefficient (Wildman–Crippen LogP) is 3.94. The van der Waals surface area contributed by atoms with E-state index < -0.39 is 0 Å². The van der Waals surface area contributed by atoms with Gasteiger partial charge in [-0.05, 0) is 56.1 Å². The van der Waals surface area contributed by atoms with Gasteiger partial charge >= 0.3 is 0 Å². The molecule has 0 unspecified atom stereocenters. The molecular weight excluding hydrogens is 312 g/mol. The zero-order valence-corrected chi connectivity index (χ0v) is 14.8. The highest BCUT2D eigenvalue weighted by molar-refractivity contribution is 5.92. The van der Waals surface area contributed by atoms with Crippen LogP contribution in [0.1, 0.15) is 25.3 Å². The first-order valence-electron chi connectivity index (χ1n) is 9.04. The van der Waals surface area contributed by atoms with Gasteiger partial charge < -0.3 is 10.1 Å². The normalized spacial score (nSPS) is 17.9. The van der Waals surface area contributed by atoms with E-state index in [0.29, 0.717) is 6.61 Å². The van der Waals surface area contributed by atoms with E-state index in [4.69, 9.17) is 4.74 Å². The van der Waals surface area contributed by atoms with Crippen LogP contribution in [0.3, 0.4) is 0 Å². The van der Waals surface area contributed by atoms with Crippen molar-refractivity contribution in [3.05, 3.63) is 60.2 Å². The number of likely N-dealkylation sites (tertiary alicyclic amines) is 1. The number of anilines is 1. The van der Waals surface area contributed by atoms with Crippen molar-refractivity contribution in [3.63, 3.8) is 0 Å². The number of nitrogens with zero attached hydrogens (tertiary/aromatic N) is 1. The van der Waals surface area contributed by atoms with Crippen molar-refractivity contribution >= 4 is 11.6 Å². The second kappa shape index (κ2) is 8.67. The number of benzene rings is 2. The van der Waals surface area contributed by atoms with Crippen LogP contribution in [0.2, 0.25) is 0 Å². The van der Waals surface area contributed by atoms with Crippen molar-refractivity contribution in [3.8, 4) is 5.75 Å². The summed E-state index contributed by atoms with van der Waals surface area (Å²) in [7, 11) is 0. The lowest BCUT2D eigenvalue weighted by Gasteiger charge is -2.32. The van der Waals surface area contributed by atoms with Crippen molar-refractivity contribution in [1.82, 2.24) is 4.90 Å². The third-order valence-electron chi connectivity index (χ3n) is 4.56. The molecule has 0 aromatic heterocycles. The summed E-state index contributed by atoms with van der Waals surface area (Å²) in [6.45, 7) is 5.39. The highest BCUT2D eigenvalue weighted by atomic mass is 16.5. The molecule has 3 rings (SSSR count). The molecule has 2 aromatic rings. The van der Waals surface area contributed by atoms with Gasteiger partial charge in [-0.15, -0.1) is 0 Å². The zero-order valence-electron chi connectivity index (χ0n) is 14.8. The number of rotatable bonds is 6. The molecule has 0 radical (unpaired) electrons. The molecule has 0 bridgehead atoms. The Labute approximate surface area is 149 Å². The van der Waals surface area contributed by atoms with Gasteiger partial charge in [-0.1, -0.05) is 30.3 Å². The van der Waals surface area contributed by atoms with Crippen LogP contribution < -0.4 is 10.1 Å². The minimum atomic E-state index is 0.0454. The third-order valence-corrected chi connectivity index (χ3v) is 4.56. The number of hydrogen-bond donors (Lipinski definition) is 1. The van der Waals surface area contributed by atoms with Gasteiger partial charge in [-0.25, -0.2) is 0 Å². The van der Waals surface area contributed by atoms with E-state index >= 15 is 0 Å². The Morgan fingerprint density at radius 2 is 1.92 bits per heavy atom. The van der Waals surface area contributed by atoms with Crippen LogP contribution in [0.4, 0.5) is 5.69 Å². The molecule has 1 amide bonds. The van der Waals surface area contributed by atoms with Gasteiger partial charge in [0.15, 0.2) is 0 Å². The standard InChI is InChI=1S/C21H26N2O2/c1-2-25-20-12-10-19(11-13-20)22-21(24)18-9-6-14-23(16-18)15-17-7-4-3-5-8-17/h3-5,7-8,10-13,18H,2,6,9,14-16H2,1H3,(H,22,24)/t18-/m1/s1. The smallest absolute Gasteiger partial charge is 0.228 e. The predicted molar refractivity (Wildman–Crippen MR) is 101 cm³/mol. The molecule has 4 nitrogen and oxygen atoms in total. The fourth-order valence-corrected chi connectivity index (χ4v) is 3.30. The van der Waals surface area contributed by atoms with E-state index in [2.05, 4.69) is 34.5 Å². The Bertz CT molecular complexity index is 670. The molecule has 25 heavy (non-hydrogen) atoms. The lowest BCUT2D eigenvalue weighted by molar-refractivity contribution is -0.121. The number of carbonyl (C=O) groups excluding carboxylic acids is 1. The van der Waals surface area contributed by atoms with E-state index in [9.17, 15) is 4.79 Å².